The number of carbonyl (C=O) groups excluding carboxylic acids is 2. The van der Waals surface area contributed by atoms with E-state index >= 15 is 0 Å². The van der Waals surface area contributed by atoms with Gasteiger partial charge < -0.3 is 25.4 Å². The number of nitrogens with one attached hydrogen (secondary N) is 1. The third kappa shape index (κ3) is 5.90. The number of nitrogen functional groups attached to an aromatic ring is 1. The number of hydrogen-bond acceptors (Lipinski definition) is 7. The van der Waals surface area contributed by atoms with Gasteiger partial charge in [-0.15, -0.1) is 0 Å². The van der Waals surface area contributed by atoms with Gasteiger partial charge in [0.1, 0.15) is 30.3 Å². The summed E-state index contributed by atoms with van der Waals surface area (Å²) >= 11 is 0. The molecule has 3 aromatic rings. The Bertz CT molecular complexity index is 1510. The maximum absolute atomic E-state index is 14.9. The lowest BCUT2D eigenvalue weighted by Gasteiger charge is -2.24. The number of ether oxygens (including phenoxy) is 2. The molecule has 2 aliphatic rings. The standard InChI is InChI=1S/C30H31F2N5O4/c1-4-26(38)37-13-21(40-3)12-20(37)14-41-28-27(34-15-35-29(28)33)23-10-19(31)11-25(16(23)2)36-30(39)22-8-7-18(9-24(22)32)17-5-6-17/h4,7-11,15,17,20-21H,1,5-6,12-14H2,2-3H3,(H,36,39)(H2,33,34,35). The van der Waals surface area contributed by atoms with E-state index in [-0.39, 0.29) is 53.2 Å². The Morgan fingerprint density at radius 1 is 1.22 bits per heavy atom. The van der Waals surface area contributed by atoms with Gasteiger partial charge >= 0.3 is 0 Å². The predicted octanol–water partition coefficient (Wildman–Crippen LogP) is 4.62. The second kappa shape index (κ2) is 11.6. The number of hydrogen-bond donors (Lipinski definition) is 2. The molecule has 214 valence electrons. The maximum Gasteiger partial charge on any atom is 0.258 e. The summed E-state index contributed by atoms with van der Waals surface area (Å²) in [5.74, 6) is -1.79. The molecule has 1 aliphatic heterocycles. The fourth-order valence-corrected chi connectivity index (χ4v) is 5.12. The highest BCUT2D eigenvalue weighted by Crippen LogP contribution is 2.41. The number of methoxy groups -OCH3 is 1. The lowest BCUT2D eigenvalue weighted by Crippen LogP contribution is -2.38. The average Bonchev–Trinajstić information content (AvgIpc) is 3.73. The number of rotatable bonds is 9. The van der Waals surface area contributed by atoms with Gasteiger partial charge in [0, 0.05) is 24.9 Å². The minimum absolute atomic E-state index is 0.0185. The van der Waals surface area contributed by atoms with Gasteiger partial charge in [0.15, 0.2) is 11.6 Å². The van der Waals surface area contributed by atoms with Gasteiger partial charge in [-0.1, -0.05) is 12.6 Å². The summed E-state index contributed by atoms with van der Waals surface area (Å²) in [5, 5.41) is 2.63. The number of nitrogens with zero attached hydrogens (tertiary/aromatic N) is 3. The number of likely N-dealkylation sites (tertiary alicyclic amines) is 1. The number of nitrogens with two attached hydrogens (primary N) is 1. The molecule has 3 N–H and O–H groups in total. The highest BCUT2D eigenvalue weighted by Gasteiger charge is 2.35. The third-order valence-electron chi connectivity index (χ3n) is 7.58. The highest BCUT2D eigenvalue weighted by atomic mass is 19.1. The van der Waals surface area contributed by atoms with Crippen LogP contribution in [0.15, 0.2) is 49.3 Å². The summed E-state index contributed by atoms with van der Waals surface area (Å²) in [6.07, 6.45) is 4.84. The van der Waals surface area contributed by atoms with Crippen LogP contribution in [-0.4, -0.2) is 59.1 Å². The van der Waals surface area contributed by atoms with Crippen LogP contribution >= 0.6 is 0 Å². The van der Waals surface area contributed by atoms with E-state index in [9.17, 15) is 18.4 Å². The van der Waals surface area contributed by atoms with Crippen LogP contribution < -0.4 is 15.8 Å². The zero-order chi connectivity index (χ0) is 29.3. The summed E-state index contributed by atoms with van der Waals surface area (Å²) in [6.45, 7) is 5.67. The number of amides is 2. The Morgan fingerprint density at radius 2 is 2.00 bits per heavy atom. The second-order valence-electron chi connectivity index (χ2n) is 10.3. The van der Waals surface area contributed by atoms with E-state index in [0.29, 0.717) is 30.0 Å². The normalized spacial score (nSPS) is 18.3. The first-order valence-electron chi connectivity index (χ1n) is 13.3. The molecule has 1 aliphatic carbocycles. The van der Waals surface area contributed by atoms with E-state index in [1.54, 1.807) is 25.0 Å². The fourth-order valence-electron chi connectivity index (χ4n) is 5.12. The maximum atomic E-state index is 14.9. The van der Waals surface area contributed by atoms with E-state index in [1.165, 1.54) is 30.6 Å². The molecule has 41 heavy (non-hydrogen) atoms. The van der Waals surface area contributed by atoms with Crippen molar-refractivity contribution in [1.29, 1.82) is 0 Å². The zero-order valence-corrected chi connectivity index (χ0v) is 22.8. The average molecular weight is 564 g/mol. The van der Waals surface area contributed by atoms with Crippen LogP contribution in [-0.2, 0) is 9.53 Å². The van der Waals surface area contributed by atoms with Crippen molar-refractivity contribution in [1.82, 2.24) is 14.9 Å². The smallest absolute Gasteiger partial charge is 0.258 e. The fraction of sp³-hybridized carbons (Fsp3) is 0.333. The largest absolute Gasteiger partial charge is 0.485 e. The Balaban J connectivity index is 1.41. The van der Waals surface area contributed by atoms with Crippen molar-refractivity contribution in [3.8, 4) is 17.0 Å². The van der Waals surface area contributed by atoms with Crippen molar-refractivity contribution >= 4 is 23.3 Å². The highest BCUT2D eigenvalue weighted by molar-refractivity contribution is 6.05. The molecule has 2 fully saturated rings. The Morgan fingerprint density at radius 3 is 2.68 bits per heavy atom. The van der Waals surface area contributed by atoms with Crippen LogP contribution in [0.3, 0.4) is 0 Å². The summed E-state index contributed by atoms with van der Waals surface area (Å²) in [7, 11) is 1.58. The molecule has 2 atom stereocenters. The summed E-state index contributed by atoms with van der Waals surface area (Å²) in [6, 6.07) is 6.64. The van der Waals surface area contributed by atoms with Crippen LogP contribution in [0.4, 0.5) is 20.3 Å². The molecule has 2 unspecified atom stereocenters. The lowest BCUT2D eigenvalue weighted by molar-refractivity contribution is -0.127. The van der Waals surface area contributed by atoms with Gasteiger partial charge in [0.2, 0.25) is 5.91 Å². The van der Waals surface area contributed by atoms with Crippen molar-refractivity contribution in [2.75, 3.05) is 31.3 Å². The first kappa shape index (κ1) is 28.2. The van der Waals surface area contributed by atoms with Crippen LogP contribution in [0.25, 0.3) is 11.3 Å². The molecule has 2 heterocycles. The predicted molar refractivity (Wildman–Crippen MR) is 150 cm³/mol. The molecule has 0 radical (unpaired) electrons. The van der Waals surface area contributed by atoms with Gasteiger partial charge in [0.05, 0.1) is 17.7 Å². The SMILES string of the molecule is C=CC(=O)N1CC(OC)CC1COc1c(N)ncnc1-c1cc(F)cc(NC(=O)c2ccc(C3CC3)cc2F)c1C. The Labute approximate surface area is 236 Å². The molecule has 9 nitrogen and oxygen atoms in total. The number of carbonyl (C=O) groups is 2. The van der Waals surface area contributed by atoms with Gasteiger partial charge in [-0.25, -0.2) is 18.7 Å². The molecule has 1 saturated heterocycles. The van der Waals surface area contributed by atoms with Crippen molar-refractivity contribution in [3.05, 3.63) is 77.6 Å². The van der Waals surface area contributed by atoms with Crippen LogP contribution in [0, 0.1) is 18.6 Å². The van der Waals surface area contributed by atoms with Crippen molar-refractivity contribution in [2.45, 2.75) is 44.2 Å². The van der Waals surface area contributed by atoms with Gasteiger partial charge in [-0.3, -0.25) is 9.59 Å². The van der Waals surface area contributed by atoms with E-state index in [4.69, 9.17) is 15.2 Å². The van der Waals surface area contributed by atoms with E-state index in [2.05, 4.69) is 21.9 Å². The van der Waals surface area contributed by atoms with Gasteiger partial charge in [0.25, 0.3) is 5.91 Å². The molecule has 2 amide bonds. The molecule has 0 bridgehead atoms. The molecular weight excluding hydrogens is 532 g/mol. The first-order valence-corrected chi connectivity index (χ1v) is 13.3. The topological polar surface area (TPSA) is 120 Å². The lowest BCUT2D eigenvalue weighted by atomic mass is 10.0. The van der Waals surface area contributed by atoms with Crippen LogP contribution in [0.5, 0.6) is 5.75 Å². The molecule has 2 aromatic carbocycles. The molecule has 1 aromatic heterocycles. The molecule has 5 rings (SSSR count). The molecular formula is C30H31F2N5O4. The minimum Gasteiger partial charge on any atom is -0.485 e. The minimum atomic E-state index is -0.705. The van der Waals surface area contributed by atoms with Crippen molar-refractivity contribution in [2.24, 2.45) is 0 Å². The quantitative estimate of drug-likeness (QED) is 0.365. The van der Waals surface area contributed by atoms with Crippen LogP contribution in [0.2, 0.25) is 0 Å². The van der Waals surface area contributed by atoms with Crippen molar-refractivity contribution < 1.29 is 27.8 Å². The summed E-state index contributed by atoms with van der Waals surface area (Å²) < 4.78 is 41.1. The molecule has 0 spiro atoms. The number of benzene rings is 2. The van der Waals surface area contributed by atoms with Gasteiger partial charge in [-0.05, 0) is 73.6 Å². The summed E-state index contributed by atoms with van der Waals surface area (Å²) in [4.78, 5) is 35.3. The van der Waals surface area contributed by atoms with Crippen LogP contribution in [0.1, 0.15) is 46.7 Å². The van der Waals surface area contributed by atoms with E-state index in [0.717, 1.165) is 24.5 Å². The number of aromatic nitrogens is 2. The number of halogens is 2. The summed E-state index contributed by atoms with van der Waals surface area (Å²) in [5.41, 5.74) is 7.98. The Hall–Kier alpha value is -4.38. The monoisotopic (exact) mass is 563 g/mol. The van der Waals surface area contributed by atoms with E-state index in [1.807, 2.05) is 0 Å². The first-order chi connectivity index (χ1) is 19.7. The Kier molecular flexibility index (Phi) is 7.98. The second-order valence-corrected chi connectivity index (χ2v) is 10.3. The van der Waals surface area contributed by atoms with Crippen molar-refractivity contribution in [3.63, 3.8) is 0 Å². The molecule has 1 saturated carbocycles. The number of anilines is 2. The molecule has 11 heteroatoms. The zero-order valence-electron chi connectivity index (χ0n) is 22.8. The van der Waals surface area contributed by atoms with Gasteiger partial charge in [-0.2, -0.15) is 0 Å². The van der Waals surface area contributed by atoms with E-state index < -0.39 is 17.5 Å². The third-order valence-corrected chi connectivity index (χ3v) is 7.58.